The monoisotopic (exact) mass is 322 g/mol. The number of amides is 1. The Morgan fingerprint density at radius 3 is 2.96 bits per heavy atom. The molecule has 0 spiro atoms. The molecule has 126 valence electrons. The van der Waals surface area contributed by atoms with E-state index >= 15 is 0 Å². The highest BCUT2D eigenvalue weighted by Gasteiger charge is 2.29. The molecule has 1 fully saturated rings. The van der Waals surface area contributed by atoms with Crippen LogP contribution in [0.25, 0.3) is 0 Å². The average Bonchev–Trinajstić information content (AvgIpc) is 2.51. The van der Waals surface area contributed by atoms with Crippen molar-refractivity contribution in [2.75, 3.05) is 18.8 Å². The molecule has 6 heteroatoms. The lowest BCUT2D eigenvalue weighted by molar-refractivity contribution is 0.0201. The number of nitrogens with two attached hydrogens (primary N) is 1. The molecule has 5 nitrogen and oxygen atoms in total. The van der Waals surface area contributed by atoms with Crippen LogP contribution >= 0.6 is 0 Å². The Morgan fingerprint density at radius 2 is 2.26 bits per heavy atom. The zero-order valence-electron chi connectivity index (χ0n) is 13.5. The van der Waals surface area contributed by atoms with E-state index < -0.39 is 17.5 Å². The Bertz CT molecular complexity index is 589. The molecule has 0 radical (unpaired) electrons. The first kappa shape index (κ1) is 17.1. The molecule has 1 saturated heterocycles. The maximum absolute atomic E-state index is 13.3. The van der Waals surface area contributed by atoms with Gasteiger partial charge in [-0.2, -0.15) is 0 Å². The lowest BCUT2D eigenvalue weighted by Gasteiger charge is -2.34. The number of benzene rings is 1. The predicted molar refractivity (Wildman–Crippen MR) is 86.8 cm³/mol. The van der Waals surface area contributed by atoms with E-state index in [1.807, 2.05) is 0 Å². The fourth-order valence-electron chi connectivity index (χ4n) is 2.32. The first-order chi connectivity index (χ1) is 10.8. The van der Waals surface area contributed by atoms with Crippen molar-refractivity contribution in [2.45, 2.75) is 38.4 Å². The van der Waals surface area contributed by atoms with E-state index in [4.69, 9.17) is 15.2 Å². The molecule has 0 saturated carbocycles. The minimum absolute atomic E-state index is 0.243. The Labute approximate surface area is 135 Å². The molecule has 23 heavy (non-hydrogen) atoms. The number of carbonyl (C=O) groups is 1. The highest BCUT2D eigenvalue weighted by atomic mass is 19.1. The summed E-state index contributed by atoms with van der Waals surface area (Å²) < 4.78 is 24.5. The largest absolute Gasteiger partial charge is 0.486 e. The summed E-state index contributed by atoms with van der Waals surface area (Å²) in [6, 6.07) is 4.00. The Kier molecular flexibility index (Phi) is 5.13. The third-order valence-corrected chi connectivity index (χ3v) is 3.75. The Morgan fingerprint density at radius 1 is 1.52 bits per heavy atom. The molecule has 1 unspecified atom stereocenters. The topological polar surface area (TPSA) is 64.8 Å². The number of hydrogen-bond donors (Lipinski definition) is 1. The van der Waals surface area contributed by atoms with Gasteiger partial charge in [-0.1, -0.05) is 6.58 Å². The van der Waals surface area contributed by atoms with Crippen LogP contribution in [0, 0.1) is 5.82 Å². The highest BCUT2D eigenvalue weighted by Crippen LogP contribution is 2.26. The molecule has 0 aromatic heterocycles. The molecule has 1 atom stereocenters. The van der Waals surface area contributed by atoms with Gasteiger partial charge in [0.1, 0.15) is 23.3 Å². The number of carbonyl (C=O) groups excluding carboxylic acids is 1. The van der Waals surface area contributed by atoms with Gasteiger partial charge in [0.15, 0.2) is 0 Å². The summed E-state index contributed by atoms with van der Waals surface area (Å²) in [5, 5.41) is 0. The third kappa shape index (κ3) is 4.61. The summed E-state index contributed by atoms with van der Waals surface area (Å²) in [4.78, 5) is 13.8. The first-order valence-corrected chi connectivity index (χ1v) is 7.64. The van der Waals surface area contributed by atoms with Crippen molar-refractivity contribution in [1.29, 1.82) is 0 Å². The first-order valence-electron chi connectivity index (χ1n) is 7.64. The van der Waals surface area contributed by atoms with Crippen molar-refractivity contribution >= 4 is 11.8 Å². The molecule has 1 heterocycles. The fourth-order valence-corrected chi connectivity index (χ4v) is 2.32. The van der Waals surface area contributed by atoms with E-state index in [2.05, 4.69) is 6.58 Å². The van der Waals surface area contributed by atoms with Gasteiger partial charge in [-0.25, -0.2) is 9.18 Å². The summed E-state index contributed by atoms with van der Waals surface area (Å²) in [5.74, 6) is -0.106. The summed E-state index contributed by atoms with van der Waals surface area (Å²) in [5.41, 5.74) is 5.44. The van der Waals surface area contributed by atoms with Crippen LogP contribution in [0.5, 0.6) is 5.75 Å². The molecule has 1 aromatic rings. The predicted octanol–water partition coefficient (Wildman–Crippen LogP) is 3.35. The van der Waals surface area contributed by atoms with Gasteiger partial charge in [0.05, 0.1) is 12.2 Å². The van der Waals surface area contributed by atoms with Crippen LogP contribution < -0.4 is 10.5 Å². The lowest BCUT2D eigenvalue weighted by Crippen LogP contribution is -2.46. The van der Waals surface area contributed by atoms with Crippen LogP contribution in [0.2, 0.25) is 0 Å². The number of piperidine rings is 1. The van der Waals surface area contributed by atoms with Gasteiger partial charge in [0.2, 0.25) is 0 Å². The van der Waals surface area contributed by atoms with Crippen LogP contribution in [0.1, 0.15) is 26.7 Å². The van der Waals surface area contributed by atoms with Crippen molar-refractivity contribution in [3.05, 3.63) is 36.7 Å². The van der Waals surface area contributed by atoms with Crippen molar-refractivity contribution in [3.8, 4) is 5.75 Å². The molecule has 1 aliphatic heterocycles. The second kappa shape index (κ2) is 6.89. The van der Waals surface area contributed by atoms with Gasteiger partial charge in [0.25, 0.3) is 0 Å². The quantitative estimate of drug-likeness (QED) is 0.682. The van der Waals surface area contributed by atoms with E-state index in [1.54, 1.807) is 24.8 Å². The van der Waals surface area contributed by atoms with Gasteiger partial charge in [-0.05, 0) is 44.9 Å². The smallest absolute Gasteiger partial charge is 0.410 e. The normalized spacial score (nSPS) is 18.4. The van der Waals surface area contributed by atoms with Crippen molar-refractivity contribution in [1.82, 2.24) is 4.90 Å². The van der Waals surface area contributed by atoms with Gasteiger partial charge >= 0.3 is 6.09 Å². The highest BCUT2D eigenvalue weighted by molar-refractivity contribution is 5.68. The summed E-state index contributed by atoms with van der Waals surface area (Å²) in [6.07, 6.45) is 2.48. The SMILES string of the molecule is C=CC(C)(C)OC(=O)N1CCCC(Oc2cc(F)ccc2N)C1. The number of ether oxygens (including phenoxy) is 2. The molecule has 0 bridgehead atoms. The van der Waals surface area contributed by atoms with Crippen LogP contribution in [0.4, 0.5) is 14.9 Å². The van der Waals surface area contributed by atoms with Crippen LogP contribution in [0.3, 0.4) is 0 Å². The van der Waals surface area contributed by atoms with Gasteiger partial charge in [-0.3, -0.25) is 0 Å². The standard InChI is InChI=1S/C17H23FN2O3/c1-4-17(2,3)23-16(21)20-9-5-6-13(11-20)22-15-10-12(18)7-8-14(15)19/h4,7-8,10,13H,1,5-6,9,11,19H2,2-3H3. The number of anilines is 1. The van der Waals surface area contributed by atoms with E-state index in [0.29, 0.717) is 24.5 Å². The molecule has 0 aliphatic carbocycles. The number of halogens is 1. The van der Waals surface area contributed by atoms with Crippen LogP contribution in [0.15, 0.2) is 30.9 Å². The lowest BCUT2D eigenvalue weighted by atomic mass is 10.1. The van der Waals surface area contributed by atoms with Gasteiger partial charge in [-0.15, -0.1) is 0 Å². The van der Waals surface area contributed by atoms with E-state index in [9.17, 15) is 9.18 Å². The van der Waals surface area contributed by atoms with Crippen molar-refractivity contribution in [3.63, 3.8) is 0 Å². The van der Waals surface area contributed by atoms with E-state index in [-0.39, 0.29) is 6.10 Å². The molecular weight excluding hydrogens is 299 g/mol. The van der Waals surface area contributed by atoms with Crippen molar-refractivity contribution in [2.24, 2.45) is 0 Å². The molecule has 2 N–H and O–H groups in total. The van der Waals surface area contributed by atoms with E-state index in [0.717, 1.165) is 12.8 Å². The minimum Gasteiger partial charge on any atom is -0.486 e. The summed E-state index contributed by atoms with van der Waals surface area (Å²) in [6.45, 7) is 8.16. The second-order valence-electron chi connectivity index (χ2n) is 6.19. The molecule has 1 aromatic carbocycles. The number of rotatable bonds is 4. The van der Waals surface area contributed by atoms with E-state index in [1.165, 1.54) is 18.2 Å². The average molecular weight is 322 g/mol. The Hall–Kier alpha value is -2.24. The van der Waals surface area contributed by atoms with Crippen LogP contribution in [-0.4, -0.2) is 35.8 Å². The van der Waals surface area contributed by atoms with Gasteiger partial charge < -0.3 is 20.1 Å². The number of hydrogen-bond acceptors (Lipinski definition) is 4. The van der Waals surface area contributed by atoms with Crippen molar-refractivity contribution < 1.29 is 18.7 Å². The zero-order valence-corrected chi connectivity index (χ0v) is 13.5. The molecule has 1 aliphatic rings. The summed E-state index contributed by atoms with van der Waals surface area (Å²) >= 11 is 0. The number of nitrogens with zero attached hydrogens (tertiary/aromatic N) is 1. The number of nitrogen functional groups attached to an aromatic ring is 1. The third-order valence-electron chi connectivity index (χ3n) is 3.75. The fraction of sp³-hybridized carbons (Fsp3) is 0.471. The maximum Gasteiger partial charge on any atom is 0.410 e. The molecule has 2 rings (SSSR count). The number of likely N-dealkylation sites (tertiary alicyclic amines) is 1. The zero-order chi connectivity index (χ0) is 17.0. The van der Waals surface area contributed by atoms with Gasteiger partial charge in [0, 0.05) is 12.6 Å². The maximum atomic E-state index is 13.3. The minimum atomic E-state index is -0.724. The summed E-state index contributed by atoms with van der Waals surface area (Å²) in [7, 11) is 0. The van der Waals surface area contributed by atoms with Crippen LogP contribution in [-0.2, 0) is 4.74 Å². The Balaban J connectivity index is 1.99. The molecule has 1 amide bonds. The molecular formula is C17H23FN2O3. The second-order valence-corrected chi connectivity index (χ2v) is 6.19.